The van der Waals surface area contributed by atoms with Gasteiger partial charge in [0.2, 0.25) is 6.10 Å². The molecule has 0 radical (unpaired) electrons. The molecule has 0 aromatic heterocycles. The van der Waals surface area contributed by atoms with E-state index >= 15 is 0 Å². The summed E-state index contributed by atoms with van der Waals surface area (Å²) in [6.07, 6.45) is -0.418. The molecule has 0 saturated carbocycles. The van der Waals surface area contributed by atoms with E-state index in [1.807, 2.05) is 6.92 Å². The minimum atomic E-state index is -1.46. The number of ketones is 1. The number of carbonyl (C=O) groups excluding carboxylic acids is 4. The van der Waals surface area contributed by atoms with Crippen molar-refractivity contribution in [3.8, 4) is 0 Å². The van der Waals surface area contributed by atoms with Crippen LogP contribution in [0.2, 0.25) is 0 Å². The van der Waals surface area contributed by atoms with Crippen LogP contribution in [0.5, 0.6) is 0 Å². The average molecular weight is 686 g/mol. The van der Waals surface area contributed by atoms with Crippen molar-refractivity contribution in [2.45, 2.75) is 71.6 Å². The second-order valence-corrected chi connectivity index (χ2v) is 12.6. The van der Waals surface area contributed by atoms with E-state index in [1.54, 1.807) is 79.6 Å². The second kappa shape index (κ2) is 21.2. The number of carbonyl (C=O) groups is 4. The van der Waals surface area contributed by atoms with E-state index in [4.69, 9.17) is 18.9 Å². The normalized spacial score (nSPS) is 12.2. The number of methoxy groups -OCH3 is 1. The van der Waals surface area contributed by atoms with Crippen molar-refractivity contribution >= 4 is 68.2 Å². The monoisotopic (exact) mass is 685 g/mol. The Bertz CT molecular complexity index is 836. The molecule has 1 aromatic rings. The molecule has 0 aliphatic carbocycles. The van der Waals surface area contributed by atoms with Crippen LogP contribution in [0, 0.1) is 0 Å². The molecule has 12 heteroatoms. The number of alkyl carbamates (subject to hydrolysis) is 1. The highest BCUT2D eigenvalue weighted by molar-refractivity contribution is 14.1. The molecule has 0 heterocycles. The molecule has 0 saturated heterocycles. The summed E-state index contributed by atoms with van der Waals surface area (Å²) in [5.74, 6) is 1.06. The Morgan fingerprint density at radius 1 is 1.05 bits per heavy atom. The Kier molecular flexibility index (Phi) is 20.3. The Morgan fingerprint density at radius 3 is 2.18 bits per heavy atom. The van der Waals surface area contributed by atoms with Crippen molar-refractivity contribution in [1.29, 1.82) is 0 Å². The lowest BCUT2D eigenvalue weighted by Crippen LogP contribution is -2.45. The number of nitrogens with one attached hydrogen (secondary N) is 1. The molecule has 1 unspecified atom stereocenters. The lowest BCUT2D eigenvalue weighted by atomic mass is 10.0. The number of amides is 1. The van der Waals surface area contributed by atoms with E-state index in [2.05, 4.69) is 27.9 Å². The molecule has 1 rings (SSSR count). The number of alkyl halides is 1. The molecule has 216 valence electrons. The summed E-state index contributed by atoms with van der Waals surface area (Å²) in [5.41, 5.74) is -0.220. The van der Waals surface area contributed by atoms with E-state index < -0.39 is 36.0 Å². The maximum absolute atomic E-state index is 12.5. The van der Waals surface area contributed by atoms with E-state index in [-0.39, 0.29) is 12.4 Å². The van der Waals surface area contributed by atoms with Gasteiger partial charge in [0.15, 0.2) is 0 Å². The topological polar surface area (TPSA) is 117 Å². The van der Waals surface area contributed by atoms with Crippen molar-refractivity contribution < 1.29 is 38.1 Å². The Morgan fingerprint density at radius 2 is 1.68 bits per heavy atom. The van der Waals surface area contributed by atoms with Crippen LogP contribution < -0.4 is 5.32 Å². The van der Waals surface area contributed by atoms with Crippen molar-refractivity contribution in [3.63, 3.8) is 0 Å². The van der Waals surface area contributed by atoms with Crippen molar-refractivity contribution in [1.82, 2.24) is 5.32 Å². The Labute approximate surface area is 247 Å². The molecule has 1 N–H and O–H groups in total. The third kappa shape index (κ3) is 18.6. The summed E-state index contributed by atoms with van der Waals surface area (Å²) < 4.78 is 21.6. The van der Waals surface area contributed by atoms with Crippen LogP contribution in [-0.4, -0.2) is 65.4 Å². The van der Waals surface area contributed by atoms with Crippen LogP contribution in [0.4, 0.5) is 9.59 Å². The van der Waals surface area contributed by atoms with Gasteiger partial charge in [-0.05, 0) is 46.1 Å². The zero-order valence-electron chi connectivity index (χ0n) is 23.0. The van der Waals surface area contributed by atoms with Gasteiger partial charge in [-0.15, -0.1) is 0 Å². The fourth-order valence-electron chi connectivity index (χ4n) is 2.68. The van der Waals surface area contributed by atoms with Crippen molar-refractivity contribution in [3.05, 3.63) is 35.9 Å². The highest BCUT2D eigenvalue weighted by Gasteiger charge is 2.37. The number of benzene rings is 1. The smallest absolute Gasteiger partial charge is 0.466 e. The van der Waals surface area contributed by atoms with Crippen LogP contribution in [0.25, 0.3) is 0 Å². The SMILES string of the molecule is CCCC(C)=O.COC(=O)C(OC(=O)OCCSSCCCI)[C@@H](NC(=O)OC(C)(C)C)c1ccccc1. The lowest BCUT2D eigenvalue weighted by molar-refractivity contribution is -0.153. The summed E-state index contributed by atoms with van der Waals surface area (Å²) in [7, 11) is 4.48. The van der Waals surface area contributed by atoms with Crippen LogP contribution in [0.1, 0.15) is 65.5 Å². The minimum Gasteiger partial charge on any atom is -0.466 e. The standard InChI is InChI=1S/C21H30INO7S2.C5H10O/c1-21(2,3)30-19(25)23-16(15-9-6-5-7-10-15)17(18(24)27-4)29-20(26)28-12-14-32-31-13-8-11-22;1-3-4-5(2)6/h5-7,9-10,16-17H,8,11-14H2,1-4H3,(H,23,25);3-4H2,1-2H3/t16-,17?;/m0./s1. The fourth-order valence-corrected chi connectivity index (χ4v) is 5.49. The first-order valence-corrected chi connectivity index (χ1v) is 16.2. The molecule has 9 nitrogen and oxygen atoms in total. The summed E-state index contributed by atoms with van der Waals surface area (Å²) in [6.45, 7) is 8.89. The van der Waals surface area contributed by atoms with Gasteiger partial charge in [0, 0.05) is 22.4 Å². The van der Waals surface area contributed by atoms with Gasteiger partial charge in [0.25, 0.3) is 0 Å². The number of rotatable bonds is 14. The second-order valence-electron chi connectivity index (χ2n) is 8.83. The van der Waals surface area contributed by atoms with Gasteiger partial charge >= 0.3 is 18.2 Å². The molecule has 0 aliphatic heterocycles. The van der Waals surface area contributed by atoms with E-state index in [1.165, 1.54) is 7.11 Å². The first-order valence-electron chi connectivity index (χ1n) is 12.2. The molecule has 0 fully saturated rings. The molecular formula is C26H40INO8S2. The van der Waals surface area contributed by atoms with Crippen molar-refractivity contribution in [2.24, 2.45) is 0 Å². The molecule has 2 atom stereocenters. The Hall–Kier alpha value is -1.67. The Balaban J connectivity index is 0.00000203. The molecule has 0 aliphatic rings. The third-order valence-electron chi connectivity index (χ3n) is 4.22. The number of halogens is 1. The van der Waals surface area contributed by atoms with E-state index in [0.29, 0.717) is 11.3 Å². The van der Waals surface area contributed by atoms with E-state index in [9.17, 15) is 19.2 Å². The number of ether oxygens (including phenoxy) is 4. The van der Waals surface area contributed by atoms with Crippen LogP contribution in [-0.2, 0) is 28.5 Å². The van der Waals surface area contributed by atoms with Gasteiger partial charge in [-0.3, -0.25) is 0 Å². The predicted octanol–water partition coefficient (Wildman–Crippen LogP) is 6.53. The zero-order valence-corrected chi connectivity index (χ0v) is 26.7. The molecule has 0 spiro atoms. The average Bonchev–Trinajstić information content (AvgIpc) is 2.85. The van der Waals surface area contributed by atoms with Crippen LogP contribution >= 0.6 is 44.2 Å². The van der Waals surface area contributed by atoms with Gasteiger partial charge in [-0.25, -0.2) is 14.4 Å². The first kappa shape index (κ1) is 36.3. The summed E-state index contributed by atoms with van der Waals surface area (Å²) in [5, 5.41) is 2.60. The highest BCUT2D eigenvalue weighted by Crippen LogP contribution is 2.24. The van der Waals surface area contributed by atoms with E-state index in [0.717, 1.165) is 29.4 Å². The lowest BCUT2D eigenvalue weighted by Gasteiger charge is -2.27. The largest absolute Gasteiger partial charge is 0.509 e. The number of esters is 1. The fraction of sp³-hybridized carbons (Fsp3) is 0.615. The zero-order chi connectivity index (χ0) is 29.0. The molecule has 1 amide bonds. The third-order valence-corrected chi connectivity index (χ3v) is 7.44. The first-order chi connectivity index (χ1) is 17.9. The maximum atomic E-state index is 12.5. The van der Waals surface area contributed by atoms with Crippen LogP contribution in [0.3, 0.4) is 0 Å². The maximum Gasteiger partial charge on any atom is 0.509 e. The summed E-state index contributed by atoms with van der Waals surface area (Å²) >= 11 is 2.33. The predicted molar refractivity (Wildman–Crippen MR) is 161 cm³/mol. The van der Waals surface area contributed by atoms with Gasteiger partial charge < -0.3 is 29.1 Å². The van der Waals surface area contributed by atoms with Gasteiger partial charge in [-0.1, -0.05) is 81.4 Å². The summed E-state index contributed by atoms with van der Waals surface area (Å²) in [6, 6.07) is 7.60. The quantitative estimate of drug-likeness (QED) is 0.0579. The van der Waals surface area contributed by atoms with Crippen molar-refractivity contribution in [2.75, 3.05) is 29.6 Å². The molecular weight excluding hydrogens is 645 g/mol. The van der Waals surface area contributed by atoms with Gasteiger partial charge in [0.05, 0.1) is 7.11 Å². The molecule has 1 aromatic carbocycles. The van der Waals surface area contributed by atoms with Crippen LogP contribution in [0.15, 0.2) is 30.3 Å². The van der Waals surface area contributed by atoms with Gasteiger partial charge in [-0.2, -0.15) is 0 Å². The van der Waals surface area contributed by atoms with Gasteiger partial charge in [0.1, 0.15) is 24.0 Å². The molecule has 0 bridgehead atoms. The minimum absolute atomic E-state index is 0.129. The molecule has 38 heavy (non-hydrogen) atoms. The number of Topliss-reactive ketones (excluding diaryl/α,β-unsaturated/α-hetero) is 1. The number of hydrogen-bond donors (Lipinski definition) is 1. The highest BCUT2D eigenvalue weighted by atomic mass is 127. The summed E-state index contributed by atoms with van der Waals surface area (Å²) in [4.78, 5) is 47.1. The number of hydrogen-bond acceptors (Lipinski definition) is 10.